The Morgan fingerprint density at radius 1 is 1.60 bits per heavy atom. The standard InChI is InChI=1S/C10H13BrN2OS/c1-2-3-6-15-7-4-5-8(11)13-9(7)10(12)14/h4-5H,2-3,6H2,1H3,(H2,12,14). The molecule has 0 saturated carbocycles. The van der Waals surface area contributed by atoms with Crippen molar-refractivity contribution in [3.05, 3.63) is 22.4 Å². The van der Waals surface area contributed by atoms with Gasteiger partial charge in [-0.15, -0.1) is 11.8 Å². The topological polar surface area (TPSA) is 56.0 Å². The highest BCUT2D eigenvalue weighted by molar-refractivity contribution is 9.10. The number of nitrogens with zero attached hydrogens (tertiary/aromatic N) is 1. The molecule has 0 spiro atoms. The van der Waals surface area contributed by atoms with Gasteiger partial charge in [-0.3, -0.25) is 4.79 Å². The van der Waals surface area contributed by atoms with E-state index in [4.69, 9.17) is 5.73 Å². The SMILES string of the molecule is CCCCSc1ccc(Br)nc1C(N)=O. The van der Waals surface area contributed by atoms with Gasteiger partial charge in [0.2, 0.25) is 0 Å². The number of hydrogen-bond acceptors (Lipinski definition) is 3. The van der Waals surface area contributed by atoms with Gasteiger partial charge < -0.3 is 5.73 Å². The summed E-state index contributed by atoms with van der Waals surface area (Å²) >= 11 is 4.84. The van der Waals surface area contributed by atoms with Crippen molar-refractivity contribution in [1.29, 1.82) is 0 Å². The average molecular weight is 289 g/mol. The maximum atomic E-state index is 11.1. The molecule has 0 fully saturated rings. The molecule has 5 heteroatoms. The number of nitrogens with two attached hydrogens (primary N) is 1. The third kappa shape index (κ3) is 3.83. The number of amides is 1. The first-order valence-electron chi connectivity index (χ1n) is 4.74. The van der Waals surface area contributed by atoms with Crippen molar-refractivity contribution < 1.29 is 4.79 Å². The van der Waals surface area contributed by atoms with Crippen LogP contribution in [0.5, 0.6) is 0 Å². The Bertz CT molecular complexity index is 357. The molecule has 1 amide bonds. The predicted octanol–water partition coefficient (Wildman–Crippen LogP) is 2.84. The lowest BCUT2D eigenvalue weighted by Crippen LogP contribution is -2.14. The molecule has 82 valence electrons. The molecular weight excluding hydrogens is 276 g/mol. The number of halogens is 1. The quantitative estimate of drug-likeness (QED) is 0.515. The lowest BCUT2D eigenvalue weighted by molar-refractivity contribution is 0.0992. The summed E-state index contributed by atoms with van der Waals surface area (Å²) in [5, 5.41) is 0. The molecule has 0 unspecified atom stereocenters. The number of thioether (sulfide) groups is 1. The van der Waals surface area contributed by atoms with Crippen LogP contribution in [0.1, 0.15) is 30.3 Å². The Kier molecular flexibility index (Phi) is 5.11. The van der Waals surface area contributed by atoms with Crippen molar-refractivity contribution >= 4 is 33.6 Å². The number of aromatic nitrogens is 1. The molecule has 0 radical (unpaired) electrons. The molecule has 0 bridgehead atoms. The Balaban J connectivity index is 2.81. The van der Waals surface area contributed by atoms with E-state index in [0.717, 1.165) is 23.5 Å². The first-order chi connectivity index (χ1) is 7.15. The van der Waals surface area contributed by atoms with E-state index in [0.29, 0.717) is 10.3 Å². The molecule has 0 aliphatic rings. The van der Waals surface area contributed by atoms with Gasteiger partial charge in [-0.25, -0.2) is 4.98 Å². The van der Waals surface area contributed by atoms with Crippen molar-refractivity contribution in [1.82, 2.24) is 4.98 Å². The van der Waals surface area contributed by atoms with Gasteiger partial charge in [-0.05, 0) is 40.2 Å². The molecule has 0 saturated heterocycles. The van der Waals surface area contributed by atoms with E-state index in [1.54, 1.807) is 11.8 Å². The van der Waals surface area contributed by atoms with Gasteiger partial charge in [0.1, 0.15) is 10.3 Å². The second-order valence-electron chi connectivity index (χ2n) is 3.05. The van der Waals surface area contributed by atoms with Gasteiger partial charge in [0, 0.05) is 4.90 Å². The molecular formula is C10H13BrN2OS. The van der Waals surface area contributed by atoms with E-state index in [2.05, 4.69) is 27.8 Å². The summed E-state index contributed by atoms with van der Waals surface area (Å²) in [5.74, 6) is 0.510. The molecule has 15 heavy (non-hydrogen) atoms. The first kappa shape index (κ1) is 12.5. The second kappa shape index (κ2) is 6.12. The van der Waals surface area contributed by atoms with Crippen molar-refractivity contribution in [3.63, 3.8) is 0 Å². The van der Waals surface area contributed by atoms with Crippen molar-refractivity contribution in [2.45, 2.75) is 24.7 Å². The molecule has 2 N–H and O–H groups in total. The van der Waals surface area contributed by atoms with Crippen LogP contribution in [0.15, 0.2) is 21.6 Å². The maximum Gasteiger partial charge on any atom is 0.268 e. The number of rotatable bonds is 5. The van der Waals surface area contributed by atoms with Gasteiger partial charge in [0.25, 0.3) is 5.91 Å². The fourth-order valence-corrected chi connectivity index (χ4v) is 2.45. The van der Waals surface area contributed by atoms with Crippen molar-refractivity contribution in [2.75, 3.05) is 5.75 Å². The van der Waals surface area contributed by atoms with Gasteiger partial charge in [0.05, 0.1) is 0 Å². The summed E-state index contributed by atoms with van der Waals surface area (Å²) in [6.07, 6.45) is 2.27. The van der Waals surface area contributed by atoms with Crippen LogP contribution in [-0.2, 0) is 0 Å². The molecule has 1 rings (SSSR count). The van der Waals surface area contributed by atoms with Crippen LogP contribution in [0.3, 0.4) is 0 Å². The monoisotopic (exact) mass is 288 g/mol. The van der Waals surface area contributed by atoms with Crippen LogP contribution in [0.25, 0.3) is 0 Å². The molecule has 0 atom stereocenters. The zero-order chi connectivity index (χ0) is 11.3. The average Bonchev–Trinajstić information content (AvgIpc) is 2.20. The summed E-state index contributed by atoms with van der Waals surface area (Å²) < 4.78 is 0.635. The third-order valence-electron chi connectivity index (χ3n) is 1.81. The Labute approximate surface area is 102 Å². The van der Waals surface area contributed by atoms with Crippen LogP contribution in [0.4, 0.5) is 0 Å². The number of carbonyl (C=O) groups is 1. The third-order valence-corrected chi connectivity index (χ3v) is 3.39. The second-order valence-corrected chi connectivity index (χ2v) is 5.00. The fraction of sp³-hybridized carbons (Fsp3) is 0.400. The number of carbonyl (C=O) groups excluding carboxylic acids is 1. The molecule has 1 aromatic rings. The lowest BCUT2D eigenvalue weighted by Gasteiger charge is -2.05. The normalized spacial score (nSPS) is 10.3. The van der Waals surface area contributed by atoms with Gasteiger partial charge in [-0.2, -0.15) is 0 Å². The van der Waals surface area contributed by atoms with Crippen LogP contribution in [0, 0.1) is 0 Å². The predicted molar refractivity (Wildman–Crippen MR) is 66.1 cm³/mol. The van der Waals surface area contributed by atoms with Gasteiger partial charge >= 0.3 is 0 Å². The highest BCUT2D eigenvalue weighted by atomic mass is 79.9. The number of primary amides is 1. The Hall–Kier alpha value is -0.550. The largest absolute Gasteiger partial charge is 0.364 e. The summed E-state index contributed by atoms with van der Waals surface area (Å²) in [5.41, 5.74) is 5.60. The van der Waals surface area contributed by atoms with Crippen LogP contribution in [0.2, 0.25) is 0 Å². The van der Waals surface area contributed by atoms with Crippen LogP contribution >= 0.6 is 27.7 Å². The van der Waals surface area contributed by atoms with E-state index in [-0.39, 0.29) is 0 Å². The minimum Gasteiger partial charge on any atom is -0.364 e. The number of hydrogen-bond donors (Lipinski definition) is 1. The van der Waals surface area contributed by atoms with E-state index >= 15 is 0 Å². The molecule has 3 nitrogen and oxygen atoms in total. The number of unbranched alkanes of at least 4 members (excludes halogenated alkanes) is 1. The smallest absolute Gasteiger partial charge is 0.268 e. The summed E-state index contributed by atoms with van der Waals surface area (Å²) in [6, 6.07) is 3.69. The molecule has 1 heterocycles. The molecule has 1 aromatic heterocycles. The van der Waals surface area contributed by atoms with E-state index in [1.807, 2.05) is 12.1 Å². The zero-order valence-corrected chi connectivity index (χ0v) is 10.9. The molecule has 0 aliphatic heterocycles. The minimum atomic E-state index is -0.477. The van der Waals surface area contributed by atoms with E-state index in [1.165, 1.54) is 0 Å². The van der Waals surface area contributed by atoms with Crippen molar-refractivity contribution in [2.24, 2.45) is 5.73 Å². The maximum absolute atomic E-state index is 11.1. The van der Waals surface area contributed by atoms with E-state index in [9.17, 15) is 4.79 Å². The summed E-state index contributed by atoms with van der Waals surface area (Å²) in [6.45, 7) is 2.13. The van der Waals surface area contributed by atoms with Crippen molar-refractivity contribution in [3.8, 4) is 0 Å². The highest BCUT2D eigenvalue weighted by Crippen LogP contribution is 2.24. The Morgan fingerprint density at radius 3 is 2.93 bits per heavy atom. The van der Waals surface area contributed by atoms with Crippen LogP contribution < -0.4 is 5.73 Å². The minimum absolute atomic E-state index is 0.352. The molecule has 0 aromatic carbocycles. The zero-order valence-electron chi connectivity index (χ0n) is 8.50. The number of pyridine rings is 1. The summed E-state index contributed by atoms with van der Waals surface area (Å²) in [7, 11) is 0. The molecule has 0 aliphatic carbocycles. The van der Waals surface area contributed by atoms with E-state index < -0.39 is 5.91 Å². The fourth-order valence-electron chi connectivity index (χ4n) is 1.04. The first-order valence-corrected chi connectivity index (χ1v) is 6.52. The van der Waals surface area contributed by atoms with Crippen LogP contribution in [-0.4, -0.2) is 16.6 Å². The van der Waals surface area contributed by atoms with Gasteiger partial charge in [-0.1, -0.05) is 13.3 Å². The summed E-state index contributed by atoms with van der Waals surface area (Å²) in [4.78, 5) is 16.1. The van der Waals surface area contributed by atoms with Gasteiger partial charge in [0.15, 0.2) is 0 Å². The lowest BCUT2D eigenvalue weighted by atomic mass is 10.3. The Morgan fingerprint density at radius 2 is 2.33 bits per heavy atom. The highest BCUT2D eigenvalue weighted by Gasteiger charge is 2.10.